The zero-order chi connectivity index (χ0) is 15.4. The lowest BCUT2D eigenvalue weighted by Crippen LogP contribution is -2.29. The maximum absolute atomic E-state index is 11.4. The van der Waals surface area contributed by atoms with Crippen LogP contribution in [0.1, 0.15) is 11.1 Å². The van der Waals surface area contributed by atoms with Crippen molar-refractivity contribution in [2.24, 2.45) is 0 Å². The van der Waals surface area contributed by atoms with Gasteiger partial charge in [0.2, 0.25) is 0 Å². The van der Waals surface area contributed by atoms with Crippen molar-refractivity contribution in [1.82, 2.24) is 0 Å². The molecule has 1 atom stereocenters. The number of carbonyl (C=O) groups is 1. The minimum atomic E-state index is -1.03. The highest BCUT2D eigenvalue weighted by Crippen LogP contribution is 2.22. The fourth-order valence-electron chi connectivity index (χ4n) is 1.98. The van der Waals surface area contributed by atoms with Gasteiger partial charge in [-0.1, -0.05) is 35.3 Å². The molecular formula is C16H14Cl2O3. The highest BCUT2D eigenvalue weighted by Gasteiger charge is 2.20. The van der Waals surface area contributed by atoms with Gasteiger partial charge in [-0.25, -0.2) is 4.79 Å². The van der Waals surface area contributed by atoms with E-state index in [0.29, 0.717) is 21.4 Å². The van der Waals surface area contributed by atoms with Crippen molar-refractivity contribution in [3.8, 4) is 5.75 Å². The summed E-state index contributed by atoms with van der Waals surface area (Å²) in [5, 5.41) is 10.3. The Kier molecular flexibility index (Phi) is 5.10. The summed E-state index contributed by atoms with van der Waals surface area (Å²) in [4.78, 5) is 11.4. The normalized spacial score (nSPS) is 12.0. The van der Waals surface area contributed by atoms with Crippen molar-refractivity contribution < 1.29 is 14.6 Å². The molecule has 110 valence electrons. The van der Waals surface area contributed by atoms with Gasteiger partial charge in [0, 0.05) is 16.5 Å². The summed E-state index contributed by atoms with van der Waals surface area (Å²) in [6, 6.07) is 12.2. The van der Waals surface area contributed by atoms with Crippen LogP contribution in [0.3, 0.4) is 0 Å². The molecule has 0 bridgehead atoms. The fourth-order valence-corrected chi connectivity index (χ4v) is 2.55. The molecule has 0 unspecified atom stereocenters. The van der Waals surface area contributed by atoms with Crippen LogP contribution in [-0.2, 0) is 11.2 Å². The minimum absolute atomic E-state index is 0.184. The lowest BCUT2D eigenvalue weighted by atomic mass is 10.1. The van der Waals surface area contributed by atoms with E-state index in [9.17, 15) is 9.90 Å². The summed E-state index contributed by atoms with van der Waals surface area (Å²) in [6.45, 7) is 1.92. The molecule has 0 saturated heterocycles. The van der Waals surface area contributed by atoms with E-state index in [1.54, 1.807) is 30.3 Å². The predicted octanol–water partition coefficient (Wildman–Crippen LogP) is 4.38. The van der Waals surface area contributed by atoms with E-state index in [4.69, 9.17) is 27.9 Å². The van der Waals surface area contributed by atoms with Gasteiger partial charge in [-0.2, -0.15) is 0 Å². The Hall–Kier alpha value is -1.71. The zero-order valence-corrected chi connectivity index (χ0v) is 12.9. The SMILES string of the molecule is Cc1cccc(O[C@H](Cc2cc(Cl)cc(Cl)c2)C(=O)O)c1. The van der Waals surface area contributed by atoms with Crippen molar-refractivity contribution in [1.29, 1.82) is 0 Å². The summed E-state index contributed by atoms with van der Waals surface area (Å²) in [5.41, 5.74) is 1.72. The number of aliphatic carboxylic acids is 1. The summed E-state index contributed by atoms with van der Waals surface area (Å²) in [7, 11) is 0. The van der Waals surface area contributed by atoms with Crippen LogP contribution in [0, 0.1) is 6.92 Å². The van der Waals surface area contributed by atoms with Gasteiger partial charge in [-0.15, -0.1) is 0 Å². The molecule has 0 spiro atoms. The first kappa shape index (κ1) is 15.7. The van der Waals surface area contributed by atoms with Crippen LogP contribution in [0.4, 0.5) is 0 Å². The van der Waals surface area contributed by atoms with Gasteiger partial charge < -0.3 is 9.84 Å². The molecular weight excluding hydrogens is 311 g/mol. The maximum atomic E-state index is 11.4. The van der Waals surface area contributed by atoms with Crippen LogP contribution in [0.2, 0.25) is 10.0 Å². The monoisotopic (exact) mass is 324 g/mol. The summed E-state index contributed by atoms with van der Waals surface area (Å²) in [6.07, 6.45) is -0.815. The second kappa shape index (κ2) is 6.83. The Bertz CT molecular complexity index is 635. The predicted molar refractivity (Wildman–Crippen MR) is 83.4 cm³/mol. The number of benzene rings is 2. The Labute approximate surface area is 133 Å². The number of halogens is 2. The van der Waals surface area contributed by atoms with Gasteiger partial charge in [0.25, 0.3) is 0 Å². The topological polar surface area (TPSA) is 46.5 Å². The Balaban J connectivity index is 2.17. The first-order chi connectivity index (χ1) is 9.94. The largest absolute Gasteiger partial charge is 0.478 e. The molecule has 2 rings (SSSR count). The van der Waals surface area contributed by atoms with E-state index in [2.05, 4.69) is 0 Å². The van der Waals surface area contributed by atoms with Gasteiger partial charge in [0.15, 0.2) is 6.10 Å². The van der Waals surface area contributed by atoms with Gasteiger partial charge in [0.1, 0.15) is 5.75 Å². The number of carboxylic acid groups (broad SMARTS) is 1. The number of ether oxygens (including phenoxy) is 1. The zero-order valence-electron chi connectivity index (χ0n) is 11.3. The second-order valence-corrected chi connectivity index (χ2v) is 5.62. The number of rotatable bonds is 5. The van der Waals surface area contributed by atoms with E-state index in [1.165, 1.54) is 0 Å². The molecule has 0 aliphatic rings. The smallest absolute Gasteiger partial charge is 0.345 e. The second-order valence-electron chi connectivity index (χ2n) is 4.74. The highest BCUT2D eigenvalue weighted by molar-refractivity contribution is 6.34. The van der Waals surface area contributed by atoms with Crippen LogP contribution in [-0.4, -0.2) is 17.2 Å². The first-order valence-corrected chi connectivity index (χ1v) is 7.11. The molecule has 0 radical (unpaired) electrons. The van der Waals surface area contributed by atoms with Gasteiger partial charge in [0.05, 0.1) is 0 Å². The molecule has 0 aromatic heterocycles. The maximum Gasteiger partial charge on any atom is 0.345 e. The van der Waals surface area contributed by atoms with Crippen molar-refractivity contribution in [3.05, 3.63) is 63.6 Å². The molecule has 1 N–H and O–H groups in total. The van der Waals surface area contributed by atoms with E-state index in [1.807, 2.05) is 19.1 Å². The van der Waals surface area contributed by atoms with Crippen LogP contribution >= 0.6 is 23.2 Å². The third kappa shape index (κ3) is 4.66. The Morgan fingerprint density at radius 2 is 1.86 bits per heavy atom. The highest BCUT2D eigenvalue weighted by atomic mass is 35.5. The summed E-state index contributed by atoms with van der Waals surface area (Å²) in [5.74, 6) is -0.511. The quantitative estimate of drug-likeness (QED) is 0.887. The van der Waals surface area contributed by atoms with Gasteiger partial charge in [-0.05, 0) is 48.4 Å². The van der Waals surface area contributed by atoms with Crippen molar-refractivity contribution >= 4 is 29.2 Å². The van der Waals surface area contributed by atoms with E-state index < -0.39 is 12.1 Å². The third-order valence-corrected chi connectivity index (χ3v) is 3.32. The number of aryl methyl sites for hydroxylation is 1. The van der Waals surface area contributed by atoms with E-state index >= 15 is 0 Å². The van der Waals surface area contributed by atoms with E-state index in [-0.39, 0.29) is 6.42 Å². The first-order valence-electron chi connectivity index (χ1n) is 6.35. The fraction of sp³-hybridized carbons (Fsp3) is 0.188. The molecule has 0 aliphatic carbocycles. The molecule has 5 heteroatoms. The van der Waals surface area contributed by atoms with Gasteiger partial charge >= 0.3 is 5.97 Å². The number of carboxylic acids is 1. The lowest BCUT2D eigenvalue weighted by molar-refractivity contribution is -0.145. The molecule has 2 aromatic carbocycles. The van der Waals surface area contributed by atoms with Crippen molar-refractivity contribution in [3.63, 3.8) is 0 Å². The van der Waals surface area contributed by atoms with Gasteiger partial charge in [-0.3, -0.25) is 0 Å². The number of hydrogen-bond donors (Lipinski definition) is 1. The molecule has 0 amide bonds. The van der Waals surface area contributed by atoms with E-state index in [0.717, 1.165) is 5.56 Å². The van der Waals surface area contributed by atoms with Crippen LogP contribution < -0.4 is 4.74 Å². The van der Waals surface area contributed by atoms with Crippen LogP contribution in [0.5, 0.6) is 5.75 Å². The Morgan fingerprint density at radius 3 is 2.43 bits per heavy atom. The third-order valence-electron chi connectivity index (χ3n) is 2.89. The van der Waals surface area contributed by atoms with Crippen LogP contribution in [0.15, 0.2) is 42.5 Å². The lowest BCUT2D eigenvalue weighted by Gasteiger charge is -2.16. The molecule has 0 aliphatic heterocycles. The summed E-state index contributed by atoms with van der Waals surface area (Å²) < 4.78 is 5.55. The standard InChI is InChI=1S/C16H14Cl2O3/c1-10-3-2-4-14(5-10)21-15(16(19)20)8-11-6-12(17)9-13(18)7-11/h2-7,9,15H,8H2,1H3,(H,19,20)/t15-/m1/s1. The average Bonchev–Trinajstić information content (AvgIpc) is 2.36. The molecule has 0 fully saturated rings. The molecule has 0 saturated carbocycles. The minimum Gasteiger partial charge on any atom is -0.478 e. The molecule has 21 heavy (non-hydrogen) atoms. The molecule has 0 heterocycles. The van der Waals surface area contributed by atoms with Crippen LogP contribution in [0.25, 0.3) is 0 Å². The average molecular weight is 325 g/mol. The molecule has 3 nitrogen and oxygen atoms in total. The number of hydrogen-bond acceptors (Lipinski definition) is 2. The van der Waals surface area contributed by atoms with Crippen molar-refractivity contribution in [2.75, 3.05) is 0 Å². The Morgan fingerprint density at radius 1 is 1.19 bits per heavy atom. The van der Waals surface area contributed by atoms with Crippen molar-refractivity contribution in [2.45, 2.75) is 19.4 Å². The molecule has 2 aromatic rings. The summed E-state index contributed by atoms with van der Waals surface area (Å²) >= 11 is 11.8.